The normalized spacial score (nSPS) is 44.4. The highest BCUT2D eigenvalue weighted by atomic mass is 19.3. The van der Waals surface area contributed by atoms with E-state index >= 15 is 8.78 Å². The number of alkyl halides is 2. The minimum atomic E-state index is -2.84. The monoisotopic (exact) mass is 523 g/mol. The number of hydrogen-bond donors (Lipinski definition) is 3. The third kappa shape index (κ3) is 4.45. The summed E-state index contributed by atoms with van der Waals surface area (Å²) >= 11 is 0. The van der Waals surface area contributed by atoms with Gasteiger partial charge in [-0.15, -0.1) is 0 Å². The van der Waals surface area contributed by atoms with E-state index in [1.54, 1.807) is 12.1 Å². The number of pyridine rings is 1. The maximum absolute atomic E-state index is 15.9. The van der Waals surface area contributed by atoms with Crippen LogP contribution >= 0.6 is 0 Å². The molecule has 0 amide bonds. The zero-order chi connectivity index (χ0) is 26.8. The van der Waals surface area contributed by atoms with Gasteiger partial charge >= 0.3 is 0 Å². The standard InChI is InChI=1S/C30H44F3NO3/c1-17(6-4-8-23(35)18-7-5-15-34-27(18)31)19-9-10-20-25-21(11-13-28(19,20)2)29(3)14-12-24(36)26(37)22(29)16-30(25,32)33/h5,7,15,17,19-26,35-37H,4,6,8-14,16H2,1-3H3/t17-,19-,20+,21+,22+,23?,24+,25+,26-,28-,29-/m1/s1. The molecule has 7 heteroatoms. The summed E-state index contributed by atoms with van der Waals surface area (Å²) in [4.78, 5) is 3.63. The number of fused-ring (bicyclic) bond motifs is 5. The van der Waals surface area contributed by atoms with Gasteiger partial charge in [0, 0.05) is 24.1 Å². The van der Waals surface area contributed by atoms with Crippen LogP contribution in [-0.2, 0) is 0 Å². The van der Waals surface area contributed by atoms with Crippen molar-refractivity contribution < 1.29 is 28.5 Å². The fourth-order valence-corrected chi connectivity index (χ4v) is 9.80. The average Bonchev–Trinajstić information content (AvgIpc) is 3.20. The summed E-state index contributed by atoms with van der Waals surface area (Å²) in [5.74, 6) is -4.15. The Morgan fingerprint density at radius 2 is 1.70 bits per heavy atom. The molecule has 4 aliphatic rings. The molecule has 0 spiro atoms. The van der Waals surface area contributed by atoms with Gasteiger partial charge in [-0.2, -0.15) is 4.39 Å². The zero-order valence-electron chi connectivity index (χ0n) is 22.4. The van der Waals surface area contributed by atoms with E-state index in [2.05, 4.69) is 25.8 Å². The summed E-state index contributed by atoms with van der Waals surface area (Å²) in [6, 6.07) is 3.19. The summed E-state index contributed by atoms with van der Waals surface area (Å²) in [6.07, 6.45) is 4.91. The molecule has 0 aromatic carbocycles. The third-order valence-corrected chi connectivity index (χ3v) is 11.8. The van der Waals surface area contributed by atoms with E-state index in [0.29, 0.717) is 31.1 Å². The molecule has 1 unspecified atom stereocenters. The summed E-state index contributed by atoms with van der Waals surface area (Å²) in [5, 5.41) is 31.4. The molecule has 0 aliphatic heterocycles. The largest absolute Gasteiger partial charge is 0.390 e. The Hall–Kier alpha value is -1.18. The first kappa shape index (κ1) is 27.4. The highest BCUT2D eigenvalue weighted by Gasteiger charge is 2.69. The first-order valence-corrected chi connectivity index (χ1v) is 14.4. The van der Waals surface area contributed by atoms with Crippen LogP contribution in [0.25, 0.3) is 0 Å². The molecular formula is C30H44F3NO3. The van der Waals surface area contributed by atoms with Crippen molar-refractivity contribution in [3.05, 3.63) is 29.8 Å². The van der Waals surface area contributed by atoms with Crippen LogP contribution < -0.4 is 0 Å². The van der Waals surface area contributed by atoms with Crippen LogP contribution in [0.1, 0.15) is 96.6 Å². The first-order chi connectivity index (χ1) is 17.4. The second-order valence-corrected chi connectivity index (χ2v) is 13.4. The van der Waals surface area contributed by atoms with Crippen molar-refractivity contribution in [1.29, 1.82) is 0 Å². The number of aliphatic hydroxyl groups excluding tert-OH is 3. The molecule has 3 N–H and O–H groups in total. The van der Waals surface area contributed by atoms with E-state index in [0.717, 1.165) is 38.5 Å². The molecule has 37 heavy (non-hydrogen) atoms. The van der Waals surface area contributed by atoms with Crippen LogP contribution in [0.15, 0.2) is 18.3 Å². The third-order valence-electron chi connectivity index (χ3n) is 11.8. The van der Waals surface area contributed by atoms with Gasteiger partial charge in [-0.3, -0.25) is 0 Å². The summed E-state index contributed by atoms with van der Waals surface area (Å²) in [5.41, 5.74) is -0.269. The maximum atomic E-state index is 15.9. The predicted octanol–water partition coefficient (Wildman–Crippen LogP) is 6.30. The topological polar surface area (TPSA) is 73.6 Å². The van der Waals surface area contributed by atoms with Crippen molar-refractivity contribution >= 4 is 0 Å². The number of halogens is 3. The van der Waals surface area contributed by atoms with E-state index in [4.69, 9.17) is 0 Å². The highest BCUT2D eigenvalue weighted by Crippen LogP contribution is 2.71. The molecule has 5 rings (SSSR count). The van der Waals surface area contributed by atoms with E-state index in [1.165, 1.54) is 6.20 Å². The van der Waals surface area contributed by atoms with Gasteiger partial charge in [-0.05, 0) is 91.4 Å². The van der Waals surface area contributed by atoms with E-state index in [1.807, 2.05) is 0 Å². The fraction of sp³-hybridized carbons (Fsp3) is 0.833. The predicted molar refractivity (Wildman–Crippen MR) is 135 cm³/mol. The van der Waals surface area contributed by atoms with E-state index in [9.17, 15) is 19.7 Å². The van der Waals surface area contributed by atoms with Crippen molar-refractivity contribution in [3.63, 3.8) is 0 Å². The van der Waals surface area contributed by atoms with Crippen LogP contribution in [0.5, 0.6) is 0 Å². The number of rotatable bonds is 6. The Bertz CT molecular complexity index is 977. The Balaban J connectivity index is 1.28. The van der Waals surface area contributed by atoms with Gasteiger partial charge < -0.3 is 15.3 Å². The zero-order valence-corrected chi connectivity index (χ0v) is 22.4. The Morgan fingerprint density at radius 3 is 2.43 bits per heavy atom. The molecule has 208 valence electrons. The van der Waals surface area contributed by atoms with Crippen molar-refractivity contribution in [3.8, 4) is 0 Å². The van der Waals surface area contributed by atoms with Crippen LogP contribution in [0, 0.1) is 52.3 Å². The van der Waals surface area contributed by atoms with E-state index in [-0.39, 0.29) is 34.7 Å². The highest BCUT2D eigenvalue weighted by molar-refractivity contribution is 5.15. The minimum absolute atomic E-state index is 0.0365. The van der Waals surface area contributed by atoms with Crippen LogP contribution in [0.3, 0.4) is 0 Å². The van der Waals surface area contributed by atoms with Gasteiger partial charge in [0.1, 0.15) is 0 Å². The summed E-state index contributed by atoms with van der Waals surface area (Å²) in [6.45, 7) is 6.57. The Labute approximate surface area is 219 Å². The van der Waals surface area contributed by atoms with Gasteiger partial charge in [0.05, 0.1) is 18.3 Å². The molecular weight excluding hydrogens is 479 g/mol. The molecule has 4 fully saturated rings. The second-order valence-electron chi connectivity index (χ2n) is 13.4. The Morgan fingerprint density at radius 1 is 1.00 bits per heavy atom. The van der Waals surface area contributed by atoms with Gasteiger partial charge in [-0.25, -0.2) is 13.8 Å². The molecule has 1 heterocycles. The lowest BCUT2D eigenvalue weighted by atomic mass is 9.43. The van der Waals surface area contributed by atoms with Crippen molar-refractivity contribution in [2.45, 2.75) is 109 Å². The number of aliphatic hydroxyl groups is 3. The van der Waals surface area contributed by atoms with Crippen LogP contribution in [-0.4, -0.2) is 38.4 Å². The first-order valence-electron chi connectivity index (χ1n) is 14.4. The van der Waals surface area contributed by atoms with Gasteiger partial charge in [0.25, 0.3) is 5.92 Å². The molecule has 1 aromatic heterocycles. The molecule has 1 aromatic rings. The maximum Gasteiger partial charge on any atom is 0.251 e. The van der Waals surface area contributed by atoms with Crippen LogP contribution in [0.2, 0.25) is 0 Å². The second kappa shape index (κ2) is 9.78. The molecule has 0 radical (unpaired) electrons. The van der Waals surface area contributed by atoms with Gasteiger partial charge in [-0.1, -0.05) is 39.7 Å². The number of nitrogens with zero attached hydrogens (tertiary/aromatic N) is 1. The lowest BCUT2D eigenvalue weighted by Gasteiger charge is -2.63. The number of hydrogen-bond acceptors (Lipinski definition) is 4. The molecule has 11 atom stereocenters. The lowest BCUT2D eigenvalue weighted by Crippen LogP contribution is -2.64. The molecule has 4 nitrogen and oxygen atoms in total. The lowest BCUT2D eigenvalue weighted by molar-refractivity contribution is -0.258. The van der Waals surface area contributed by atoms with Crippen molar-refractivity contribution in [2.24, 2.45) is 46.3 Å². The summed E-state index contributed by atoms with van der Waals surface area (Å²) < 4.78 is 45.8. The SMILES string of the molecule is C[C@H](CCCC(O)c1cccnc1F)[C@H]1CC[C@H]2[C@H]3[C@H](CC[C@]12C)[C@@]1(C)CC[C@H](O)[C@H](O)[C@@H]1CC3(F)F. The molecule has 4 aliphatic carbocycles. The van der Waals surface area contributed by atoms with E-state index < -0.39 is 42.0 Å². The average molecular weight is 524 g/mol. The minimum Gasteiger partial charge on any atom is -0.390 e. The fourth-order valence-electron chi connectivity index (χ4n) is 9.80. The molecule has 4 saturated carbocycles. The van der Waals surface area contributed by atoms with Gasteiger partial charge in [0.15, 0.2) is 0 Å². The molecule has 0 saturated heterocycles. The smallest absolute Gasteiger partial charge is 0.251 e. The van der Waals surface area contributed by atoms with Crippen molar-refractivity contribution in [2.75, 3.05) is 0 Å². The Kier molecular flexibility index (Phi) is 7.24. The summed E-state index contributed by atoms with van der Waals surface area (Å²) in [7, 11) is 0. The molecule has 0 bridgehead atoms. The van der Waals surface area contributed by atoms with Gasteiger partial charge in [0.2, 0.25) is 5.95 Å². The van der Waals surface area contributed by atoms with Crippen LogP contribution in [0.4, 0.5) is 13.2 Å². The number of aromatic nitrogens is 1. The van der Waals surface area contributed by atoms with Crippen molar-refractivity contribution in [1.82, 2.24) is 4.98 Å². The quantitative estimate of drug-likeness (QED) is 0.383.